The zero-order valence-electron chi connectivity index (χ0n) is 16.9. The number of hydrogen-bond donors (Lipinski definition) is 0. The molecule has 0 atom stereocenters. The van der Waals surface area contributed by atoms with E-state index in [1.807, 2.05) is 6.92 Å². The number of benzene rings is 1. The molecule has 3 heterocycles. The molecule has 0 amide bonds. The summed E-state index contributed by atoms with van der Waals surface area (Å²) in [6, 6.07) is 4.46. The van der Waals surface area contributed by atoms with Gasteiger partial charge in [-0.15, -0.1) is 0 Å². The van der Waals surface area contributed by atoms with E-state index in [-0.39, 0.29) is 28.7 Å². The van der Waals surface area contributed by atoms with Crippen LogP contribution in [0.2, 0.25) is 5.02 Å². The second-order valence-corrected chi connectivity index (χ2v) is 7.98. The molecule has 1 aliphatic heterocycles. The Balaban J connectivity index is 1.99. The van der Waals surface area contributed by atoms with Crippen molar-refractivity contribution < 1.29 is 13.9 Å². The van der Waals surface area contributed by atoms with E-state index in [0.29, 0.717) is 23.7 Å². The lowest BCUT2D eigenvalue weighted by molar-refractivity contribution is -0.134. The molecule has 1 aromatic carbocycles. The third kappa shape index (κ3) is 3.84. The maximum Gasteiger partial charge on any atom is 0.312 e. The predicted octanol–water partition coefficient (Wildman–Crippen LogP) is 4.53. The van der Waals surface area contributed by atoms with Crippen LogP contribution in [0.1, 0.15) is 39.5 Å². The largest absolute Gasteiger partial charge is 0.406 e. The van der Waals surface area contributed by atoms with Crippen molar-refractivity contribution in [2.24, 2.45) is 5.92 Å². The number of aromatic nitrogens is 4. The second kappa shape index (κ2) is 8.55. The lowest BCUT2D eigenvalue weighted by Gasteiger charge is -2.33. The summed E-state index contributed by atoms with van der Waals surface area (Å²) >= 11 is 6.42. The Hall–Kier alpha value is -2.74. The summed E-state index contributed by atoms with van der Waals surface area (Å²) in [6.07, 6.45) is 4.18. The maximum atomic E-state index is 15.0. The SMILES string of the molecule is CCCC(=O)Oc1nc2ncnn2c(N2CCC(C)CC2)c1-c1c(F)cccc1Cl. The Kier molecular flexibility index (Phi) is 5.85. The fourth-order valence-electron chi connectivity index (χ4n) is 3.71. The second-order valence-electron chi connectivity index (χ2n) is 7.58. The third-order valence-corrected chi connectivity index (χ3v) is 5.64. The molecule has 0 bridgehead atoms. The molecule has 1 aliphatic rings. The number of esters is 1. The van der Waals surface area contributed by atoms with Gasteiger partial charge in [-0.25, -0.2) is 4.39 Å². The van der Waals surface area contributed by atoms with Gasteiger partial charge >= 0.3 is 5.97 Å². The summed E-state index contributed by atoms with van der Waals surface area (Å²) < 4.78 is 22.2. The van der Waals surface area contributed by atoms with Crippen molar-refractivity contribution >= 4 is 29.2 Å². The number of hydrogen-bond acceptors (Lipinski definition) is 6. The van der Waals surface area contributed by atoms with Crippen LogP contribution in [0.4, 0.5) is 10.2 Å². The molecule has 4 rings (SSSR count). The highest BCUT2D eigenvalue weighted by Gasteiger charge is 2.30. The number of fused-ring (bicyclic) bond motifs is 1. The minimum absolute atomic E-state index is 0.00503. The lowest BCUT2D eigenvalue weighted by Crippen LogP contribution is -2.35. The fourth-order valence-corrected chi connectivity index (χ4v) is 3.97. The predicted molar refractivity (Wildman–Crippen MR) is 112 cm³/mol. The first kappa shape index (κ1) is 20.5. The van der Waals surface area contributed by atoms with Crippen LogP contribution in [0.25, 0.3) is 16.9 Å². The molecule has 30 heavy (non-hydrogen) atoms. The first-order valence-electron chi connectivity index (χ1n) is 10.1. The zero-order valence-corrected chi connectivity index (χ0v) is 17.7. The first-order chi connectivity index (χ1) is 14.5. The normalized spacial score (nSPS) is 15.0. The van der Waals surface area contributed by atoms with Gasteiger partial charge in [-0.2, -0.15) is 19.6 Å². The lowest BCUT2D eigenvalue weighted by atomic mass is 9.98. The summed E-state index contributed by atoms with van der Waals surface area (Å²) in [5, 5.41) is 4.51. The highest BCUT2D eigenvalue weighted by atomic mass is 35.5. The van der Waals surface area contributed by atoms with Gasteiger partial charge in [0.15, 0.2) is 0 Å². The fraction of sp³-hybridized carbons (Fsp3) is 0.429. The van der Waals surface area contributed by atoms with Crippen molar-refractivity contribution in [1.82, 2.24) is 19.6 Å². The zero-order chi connectivity index (χ0) is 21.3. The van der Waals surface area contributed by atoms with Crippen LogP contribution < -0.4 is 9.64 Å². The molecule has 0 aliphatic carbocycles. The molecule has 2 aromatic heterocycles. The van der Waals surface area contributed by atoms with E-state index in [0.717, 1.165) is 25.9 Å². The Morgan fingerprint density at radius 3 is 2.77 bits per heavy atom. The molecule has 0 radical (unpaired) electrons. The summed E-state index contributed by atoms with van der Waals surface area (Å²) in [5.74, 6) is 0.477. The molecule has 9 heteroatoms. The minimum atomic E-state index is -0.525. The van der Waals surface area contributed by atoms with Crippen molar-refractivity contribution in [1.29, 1.82) is 0 Å². The number of halogens is 2. The van der Waals surface area contributed by atoms with Gasteiger partial charge in [0.2, 0.25) is 5.88 Å². The van der Waals surface area contributed by atoms with Crippen molar-refractivity contribution in [2.75, 3.05) is 18.0 Å². The highest BCUT2D eigenvalue weighted by Crippen LogP contribution is 2.43. The van der Waals surface area contributed by atoms with Gasteiger partial charge < -0.3 is 9.64 Å². The minimum Gasteiger partial charge on any atom is -0.406 e. The van der Waals surface area contributed by atoms with E-state index in [1.165, 1.54) is 18.5 Å². The Labute approximate surface area is 178 Å². The molecular weight excluding hydrogens is 409 g/mol. The van der Waals surface area contributed by atoms with Gasteiger partial charge in [0.05, 0.1) is 10.6 Å². The van der Waals surface area contributed by atoms with Crippen LogP contribution in [-0.4, -0.2) is 38.6 Å². The summed E-state index contributed by atoms with van der Waals surface area (Å²) in [5.41, 5.74) is 0.451. The van der Waals surface area contributed by atoms with Crippen molar-refractivity contribution in [3.05, 3.63) is 35.4 Å². The standard InChI is InChI=1S/C21H23ClFN5O2/c1-3-5-16(29)30-19-18(17-14(22)6-4-7-15(17)23)20(27-10-8-13(2)9-11-27)28-21(26-19)24-12-25-28/h4,6-7,12-13H,3,5,8-11H2,1-2H3. The van der Waals surface area contributed by atoms with Crippen LogP contribution in [0.3, 0.4) is 0 Å². The molecule has 0 spiro atoms. The van der Waals surface area contributed by atoms with Gasteiger partial charge in [0.1, 0.15) is 18.0 Å². The van der Waals surface area contributed by atoms with Crippen LogP contribution in [0.15, 0.2) is 24.5 Å². The number of piperidine rings is 1. The highest BCUT2D eigenvalue weighted by molar-refractivity contribution is 6.33. The Bertz CT molecular complexity index is 1060. The van der Waals surface area contributed by atoms with Crippen molar-refractivity contribution in [3.63, 3.8) is 0 Å². The number of ether oxygens (including phenoxy) is 1. The smallest absolute Gasteiger partial charge is 0.312 e. The van der Waals surface area contributed by atoms with E-state index in [2.05, 4.69) is 26.9 Å². The van der Waals surface area contributed by atoms with E-state index in [9.17, 15) is 4.79 Å². The molecule has 1 fully saturated rings. The quantitative estimate of drug-likeness (QED) is 0.553. The van der Waals surface area contributed by atoms with Crippen LogP contribution >= 0.6 is 11.6 Å². The molecule has 1 saturated heterocycles. The molecule has 7 nitrogen and oxygen atoms in total. The number of carbonyl (C=O) groups is 1. The van der Waals surface area contributed by atoms with Crippen LogP contribution in [0, 0.1) is 11.7 Å². The first-order valence-corrected chi connectivity index (χ1v) is 10.5. The molecule has 3 aromatic rings. The summed E-state index contributed by atoms with van der Waals surface area (Å²) in [7, 11) is 0. The van der Waals surface area contributed by atoms with Crippen molar-refractivity contribution in [2.45, 2.75) is 39.5 Å². The van der Waals surface area contributed by atoms with Gasteiger partial charge in [-0.1, -0.05) is 31.5 Å². The number of carbonyl (C=O) groups excluding carboxylic acids is 1. The molecule has 0 unspecified atom stereocenters. The van der Waals surface area contributed by atoms with Crippen LogP contribution in [0.5, 0.6) is 5.88 Å². The third-order valence-electron chi connectivity index (χ3n) is 5.33. The topological polar surface area (TPSA) is 72.6 Å². The summed E-state index contributed by atoms with van der Waals surface area (Å²) in [4.78, 5) is 23.0. The number of nitrogens with zero attached hydrogens (tertiary/aromatic N) is 5. The van der Waals surface area contributed by atoms with Gasteiger partial charge in [-0.3, -0.25) is 4.79 Å². The van der Waals surface area contributed by atoms with Crippen molar-refractivity contribution in [3.8, 4) is 17.0 Å². The Morgan fingerprint density at radius 2 is 2.07 bits per heavy atom. The average Bonchev–Trinajstić information content (AvgIpc) is 3.17. The number of anilines is 1. The van der Waals surface area contributed by atoms with Gasteiger partial charge in [0.25, 0.3) is 5.78 Å². The maximum absolute atomic E-state index is 15.0. The molecule has 158 valence electrons. The summed E-state index contributed by atoms with van der Waals surface area (Å²) in [6.45, 7) is 5.59. The monoisotopic (exact) mass is 431 g/mol. The number of rotatable bonds is 5. The molecule has 0 N–H and O–H groups in total. The van der Waals surface area contributed by atoms with Gasteiger partial charge in [-0.05, 0) is 37.3 Å². The average molecular weight is 432 g/mol. The van der Waals surface area contributed by atoms with Crippen LogP contribution in [-0.2, 0) is 4.79 Å². The molecular formula is C21H23ClFN5O2. The van der Waals surface area contributed by atoms with Gasteiger partial charge in [0, 0.05) is 25.1 Å². The van der Waals surface area contributed by atoms with E-state index in [1.54, 1.807) is 10.6 Å². The Morgan fingerprint density at radius 1 is 1.30 bits per heavy atom. The van der Waals surface area contributed by atoms with E-state index < -0.39 is 11.8 Å². The van der Waals surface area contributed by atoms with E-state index in [4.69, 9.17) is 16.3 Å². The van der Waals surface area contributed by atoms with E-state index >= 15 is 4.39 Å². The molecule has 0 saturated carbocycles.